The van der Waals surface area contributed by atoms with Gasteiger partial charge in [0.05, 0.1) is 21.6 Å². The fraction of sp³-hybridized carbons (Fsp3) is 0.462. The smallest absolute Gasteiger partial charge is 0.270 e. The first-order valence-electron chi connectivity index (χ1n) is 6.37. The Bertz CT molecular complexity index is 529. The summed E-state index contributed by atoms with van der Waals surface area (Å²) in [7, 11) is 0. The summed E-state index contributed by atoms with van der Waals surface area (Å²) in [5.74, 6) is -0.315. The molecule has 1 amide bonds. The Labute approximate surface area is 121 Å². The highest BCUT2D eigenvalue weighted by Crippen LogP contribution is 2.26. The molecule has 1 aliphatic carbocycles. The second-order valence-corrected chi connectivity index (χ2v) is 5.05. The van der Waals surface area contributed by atoms with E-state index in [1.807, 2.05) is 6.92 Å². The summed E-state index contributed by atoms with van der Waals surface area (Å²) in [6.45, 7) is 2.60. The van der Waals surface area contributed by atoms with Crippen molar-refractivity contribution in [2.75, 3.05) is 6.61 Å². The molecule has 6 nitrogen and oxygen atoms in total. The van der Waals surface area contributed by atoms with Crippen molar-refractivity contribution in [3.8, 4) is 0 Å². The van der Waals surface area contributed by atoms with E-state index in [1.165, 1.54) is 18.2 Å². The first-order valence-corrected chi connectivity index (χ1v) is 6.75. The zero-order valence-corrected chi connectivity index (χ0v) is 11.7. The lowest BCUT2D eigenvalue weighted by molar-refractivity contribution is -0.384. The zero-order chi connectivity index (χ0) is 14.7. The number of carbonyl (C=O) groups is 1. The Morgan fingerprint density at radius 3 is 2.80 bits per heavy atom. The molecule has 1 aromatic rings. The minimum absolute atomic E-state index is 0.0744. The van der Waals surface area contributed by atoms with E-state index in [1.54, 1.807) is 0 Å². The lowest BCUT2D eigenvalue weighted by atomic mass is 9.89. The molecule has 108 valence electrons. The number of hydrogen-bond donors (Lipinski definition) is 1. The van der Waals surface area contributed by atoms with Gasteiger partial charge in [0, 0.05) is 24.8 Å². The maximum absolute atomic E-state index is 12.0. The molecule has 0 atom stereocenters. The van der Waals surface area contributed by atoms with E-state index in [-0.39, 0.29) is 34.3 Å². The number of benzene rings is 1. The Balaban J connectivity index is 1.95. The number of hydrogen-bond acceptors (Lipinski definition) is 4. The molecule has 1 fully saturated rings. The van der Waals surface area contributed by atoms with Gasteiger partial charge in [-0.1, -0.05) is 11.6 Å². The molecule has 1 aliphatic rings. The van der Waals surface area contributed by atoms with Crippen molar-refractivity contribution >= 4 is 23.2 Å². The Hall–Kier alpha value is -1.66. The maximum Gasteiger partial charge on any atom is 0.270 e. The number of rotatable bonds is 5. The van der Waals surface area contributed by atoms with Crippen LogP contribution in [0.1, 0.15) is 30.1 Å². The second kappa shape index (κ2) is 6.19. The van der Waals surface area contributed by atoms with Gasteiger partial charge in [-0.3, -0.25) is 14.9 Å². The topological polar surface area (TPSA) is 81.5 Å². The number of non-ortho nitro benzene ring substituents is 1. The molecule has 0 spiro atoms. The first-order chi connectivity index (χ1) is 9.51. The van der Waals surface area contributed by atoms with Crippen LogP contribution in [0.5, 0.6) is 0 Å². The van der Waals surface area contributed by atoms with Crippen molar-refractivity contribution in [3.05, 3.63) is 38.9 Å². The minimum atomic E-state index is -0.549. The predicted molar refractivity (Wildman–Crippen MR) is 74.0 cm³/mol. The van der Waals surface area contributed by atoms with Gasteiger partial charge < -0.3 is 10.1 Å². The molecule has 0 unspecified atom stereocenters. The summed E-state index contributed by atoms with van der Waals surface area (Å²) < 4.78 is 5.41. The molecule has 0 heterocycles. The van der Waals surface area contributed by atoms with Crippen LogP contribution < -0.4 is 5.32 Å². The quantitative estimate of drug-likeness (QED) is 0.669. The number of nitro benzene ring substituents is 1. The van der Waals surface area contributed by atoms with Crippen molar-refractivity contribution < 1.29 is 14.5 Å². The first kappa shape index (κ1) is 14.7. The fourth-order valence-corrected chi connectivity index (χ4v) is 2.38. The molecule has 1 aromatic carbocycles. The summed E-state index contributed by atoms with van der Waals surface area (Å²) in [5.41, 5.74) is 0.115. The van der Waals surface area contributed by atoms with Gasteiger partial charge in [0.15, 0.2) is 0 Å². The molecule has 0 radical (unpaired) electrons. The van der Waals surface area contributed by atoms with E-state index < -0.39 is 4.92 Å². The van der Waals surface area contributed by atoms with E-state index in [0.717, 1.165) is 12.8 Å². The van der Waals surface area contributed by atoms with E-state index in [0.29, 0.717) is 6.61 Å². The third-order valence-corrected chi connectivity index (χ3v) is 3.55. The van der Waals surface area contributed by atoms with Crippen LogP contribution in [-0.4, -0.2) is 29.6 Å². The number of nitrogens with one attached hydrogen (secondary N) is 1. The number of nitrogens with zero attached hydrogens (tertiary/aromatic N) is 1. The summed E-state index contributed by atoms with van der Waals surface area (Å²) in [5, 5.41) is 13.5. The molecule has 1 saturated carbocycles. The third-order valence-electron chi connectivity index (χ3n) is 3.24. The molecular formula is C13H15ClN2O4. The molecule has 20 heavy (non-hydrogen) atoms. The highest BCUT2D eigenvalue weighted by Gasteiger charge is 2.31. The van der Waals surface area contributed by atoms with Crippen LogP contribution in [0.25, 0.3) is 0 Å². The van der Waals surface area contributed by atoms with Gasteiger partial charge in [0.2, 0.25) is 0 Å². The van der Waals surface area contributed by atoms with Gasteiger partial charge in [-0.25, -0.2) is 0 Å². The van der Waals surface area contributed by atoms with Crippen LogP contribution in [0.15, 0.2) is 18.2 Å². The number of nitro groups is 1. The fourth-order valence-electron chi connectivity index (χ4n) is 2.12. The second-order valence-electron chi connectivity index (χ2n) is 4.64. The van der Waals surface area contributed by atoms with Gasteiger partial charge in [0.25, 0.3) is 11.6 Å². The Morgan fingerprint density at radius 2 is 2.25 bits per heavy atom. The normalized spacial score (nSPS) is 21.1. The number of carbonyl (C=O) groups excluding carboxylic acids is 1. The molecule has 1 N–H and O–H groups in total. The highest BCUT2D eigenvalue weighted by atomic mass is 35.5. The Morgan fingerprint density at radius 1 is 1.55 bits per heavy atom. The molecular weight excluding hydrogens is 284 g/mol. The summed E-state index contributed by atoms with van der Waals surface area (Å²) in [6.07, 6.45) is 1.77. The maximum atomic E-state index is 12.0. The molecule has 0 aliphatic heterocycles. The van der Waals surface area contributed by atoms with Crippen molar-refractivity contribution in [1.29, 1.82) is 0 Å². The third kappa shape index (κ3) is 3.26. The van der Waals surface area contributed by atoms with Crippen LogP contribution >= 0.6 is 11.6 Å². The van der Waals surface area contributed by atoms with Gasteiger partial charge in [-0.15, -0.1) is 0 Å². The van der Waals surface area contributed by atoms with Gasteiger partial charge in [-0.2, -0.15) is 0 Å². The molecule has 0 saturated heterocycles. The number of ether oxygens (including phenoxy) is 1. The lowest BCUT2D eigenvalue weighted by Crippen LogP contribution is -2.47. The zero-order valence-electron chi connectivity index (χ0n) is 11.0. The number of amides is 1. The van der Waals surface area contributed by atoms with Gasteiger partial charge in [-0.05, 0) is 25.8 Å². The summed E-state index contributed by atoms with van der Waals surface area (Å²) >= 11 is 5.90. The van der Waals surface area contributed by atoms with Gasteiger partial charge in [0.1, 0.15) is 0 Å². The van der Waals surface area contributed by atoms with Crippen LogP contribution in [-0.2, 0) is 4.74 Å². The standard InChI is InChI=1S/C13H15ClN2O4/c1-2-20-10-5-8(6-10)15-13(17)11-4-3-9(16(18)19)7-12(11)14/h3-4,7-8,10H,2,5-6H2,1H3,(H,15,17). The van der Waals surface area contributed by atoms with Crippen LogP contribution in [0.2, 0.25) is 5.02 Å². The van der Waals surface area contributed by atoms with Crippen molar-refractivity contribution in [3.63, 3.8) is 0 Å². The van der Waals surface area contributed by atoms with E-state index in [9.17, 15) is 14.9 Å². The largest absolute Gasteiger partial charge is 0.378 e. The molecule has 0 aromatic heterocycles. The van der Waals surface area contributed by atoms with E-state index >= 15 is 0 Å². The van der Waals surface area contributed by atoms with E-state index in [4.69, 9.17) is 16.3 Å². The minimum Gasteiger partial charge on any atom is -0.378 e. The van der Waals surface area contributed by atoms with Crippen molar-refractivity contribution in [2.24, 2.45) is 0 Å². The average Bonchev–Trinajstić information content (AvgIpc) is 2.35. The van der Waals surface area contributed by atoms with Crippen LogP contribution in [0.4, 0.5) is 5.69 Å². The summed E-state index contributed by atoms with van der Waals surface area (Å²) in [6, 6.07) is 3.89. The lowest BCUT2D eigenvalue weighted by Gasteiger charge is -2.35. The highest BCUT2D eigenvalue weighted by molar-refractivity contribution is 6.34. The predicted octanol–water partition coefficient (Wildman–Crippen LogP) is 2.55. The van der Waals surface area contributed by atoms with Crippen molar-refractivity contribution in [1.82, 2.24) is 5.32 Å². The van der Waals surface area contributed by atoms with Crippen LogP contribution in [0, 0.1) is 10.1 Å². The molecule has 7 heteroatoms. The SMILES string of the molecule is CCOC1CC(NC(=O)c2ccc([N+](=O)[O-])cc2Cl)C1. The van der Waals surface area contributed by atoms with E-state index in [2.05, 4.69) is 5.32 Å². The van der Waals surface area contributed by atoms with Crippen LogP contribution in [0.3, 0.4) is 0 Å². The molecule has 2 rings (SSSR count). The van der Waals surface area contributed by atoms with Gasteiger partial charge >= 0.3 is 0 Å². The summed E-state index contributed by atoms with van der Waals surface area (Å²) in [4.78, 5) is 22.1. The average molecular weight is 299 g/mol. The monoisotopic (exact) mass is 298 g/mol. The molecule has 0 bridgehead atoms. The Kier molecular flexibility index (Phi) is 4.57. The number of halogens is 1. The van der Waals surface area contributed by atoms with Crippen molar-refractivity contribution in [2.45, 2.75) is 31.9 Å².